The molecule has 2 aromatic carbocycles. The van der Waals surface area contributed by atoms with Crippen LogP contribution in [0.3, 0.4) is 0 Å². The van der Waals surface area contributed by atoms with E-state index in [1.54, 1.807) is 6.07 Å². The molecule has 0 spiro atoms. The number of rotatable bonds is 5. The fraction of sp³-hybridized carbons (Fsp3) is 0.250. The van der Waals surface area contributed by atoms with Crippen molar-refractivity contribution in [1.82, 2.24) is 5.32 Å². The number of hydrogen-bond donors (Lipinski definition) is 1. The highest BCUT2D eigenvalue weighted by molar-refractivity contribution is 9.10. The summed E-state index contributed by atoms with van der Waals surface area (Å²) >= 11 is 3.44. The number of likely N-dealkylation sites (N-methyl/N-ethyl adjacent to an activating group) is 1. The maximum Gasteiger partial charge on any atom is 0.126 e. The van der Waals surface area contributed by atoms with Crippen LogP contribution in [0.4, 0.5) is 4.39 Å². The highest BCUT2D eigenvalue weighted by Gasteiger charge is 2.13. The van der Waals surface area contributed by atoms with Gasteiger partial charge in [0.1, 0.15) is 5.82 Å². The predicted molar refractivity (Wildman–Crippen MR) is 80.9 cm³/mol. The number of halogens is 2. The van der Waals surface area contributed by atoms with E-state index >= 15 is 0 Å². The molecule has 100 valence electrons. The first-order valence-electron chi connectivity index (χ1n) is 6.34. The largest absolute Gasteiger partial charge is 0.319 e. The Hall–Kier alpha value is -1.19. The van der Waals surface area contributed by atoms with Gasteiger partial charge < -0.3 is 5.32 Å². The van der Waals surface area contributed by atoms with E-state index in [0.717, 1.165) is 16.6 Å². The molecule has 1 unspecified atom stereocenters. The molecule has 2 rings (SSSR count). The minimum Gasteiger partial charge on any atom is -0.319 e. The van der Waals surface area contributed by atoms with Crippen LogP contribution in [-0.2, 0) is 6.42 Å². The van der Waals surface area contributed by atoms with E-state index in [1.807, 2.05) is 31.3 Å². The molecule has 0 aromatic heterocycles. The Morgan fingerprint density at radius 3 is 2.42 bits per heavy atom. The molecule has 0 heterocycles. The summed E-state index contributed by atoms with van der Waals surface area (Å²) in [6.45, 7) is 0.829. The lowest BCUT2D eigenvalue weighted by Gasteiger charge is -2.17. The third-order valence-electron chi connectivity index (χ3n) is 3.22. The van der Waals surface area contributed by atoms with E-state index in [2.05, 4.69) is 33.4 Å². The molecular weight excluding hydrogens is 305 g/mol. The van der Waals surface area contributed by atoms with Gasteiger partial charge in [-0.2, -0.15) is 0 Å². The number of hydrogen-bond acceptors (Lipinski definition) is 1. The first-order valence-corrected chi connectivity index (χ1v) is 7.13. The zero-order valence-electron chi connectivity index (χ0n) is 10.9. The summed E-state index contributed by atoms with van der Waals surface area (Å²) in [6.07, 6.45) is 0.704. The second kappa shape index (κ2) is 6.83. The highest BCUT2D eigenvalue weighted by atomic mass is 79.9. The van der Waals surface area contributed by atoms with Gasteiger partial charge in [0.05, 0.1) is 0 Å². The summed E-state index contributed by atoms with van der Waals surface area (Å²) in [6, 6.07) is 15.2. The van der Waals surface area contributed by atoms with Crippen molar-refractivity contribution >= 4 is 15.9 Å². The second-order valence-electron chi connectivity index (χ2n) is 4.60. The molecule has 1 atom stereocenters. The van der Waals surface area contributed by atoms with Crippen molar-refractivity contribution < 1.29 is 4.39 Å². The summed E-state index contributed by atoms with van der Waals surface area (Å²) in [5.74, 6) is 0.149. The van der Waals surface area contributed by atoms with Crippen LogP contribution in [0, 0.1) is 5.82 Å². The van der Waals surface area contributed by atoms with E-state index in [1.165, 1.54) is 11.6 Å². The Labute approximate surface area is 122 Å². The van der Waals surface area contributed by atoms with Gasteiger partial charge in [0.15, 0.2) is 0 Å². The van der Waals surface area contributed by atoms with Gasteiger partial charge in [0.2, 0.25) is 0 Å². The monoisotopic (exact) mass is 321 g/mol. The zero-order chi connectivity index (χ0) is 13.7. The first kappa shape index (κ1) is 14.2. The summed E-state index contributed by atoms with van der Waals surface area (Å²) in [7, 11) is 1.92. The van der Waals surface area contributed by atoms with Crippen molar-refractivity contribution in [2.75, 3.05) is 13.6 Å². The van der Waals surface area contributed by atoms with Gasteiger partial charge in [-0.15, -0.1) is 0 Å². The molecule has 0 amide bonds. The van der Waals surface area contributed by atoms with Gasteiger partial charge in [0, 0.05) is 16.9 Å². The summed E-state index contributed by atoms with van der Waals surface area (Å²) in [4.78, 5) is 0. The summed E-state index contributed by atoms with van der Waals surface area (Å²) in [5.41, 5.74) is 1.99. The molecule has 0 saturated heterocycles. The Morgan fingerprint density at radius 2 is 1.79 bits per heavy atom. The van der Waals surface area contributed by atoms with Crippen molar-refractivity contribution in [1.29, 1.82) is 0 Å². The van der Waals surface area contributed by atoms with Gasteiger partial charge in [-0.1, -0.05) is 46.3 Å². The van der Waals surface area contributed by atoms with Crippen LogP contribution in [0.5, 0.6) is 0 Å². The molecule has 0 radical (unpaired) electrons. The topological polar surface area (TPSA) is 12.0 Å². The summed E-state index contributed by atoms with van der Waals surface area (Å²) in [5, 5.41) is 3.19. The SMILES string of the molecule is CNCC(Cc1ccccc1F)c1ccc(Br)cc1. The molecule has 0 saturated carbocycles. The molecule has 0 aliphatic carbocycles. The molecular formula is C16H17BrFN. The van der Waals surface area contributed by atoms with Crippen LogP contribution in [-0.4, -0.2) is 13.6 Å². The van der Waals surface area contributed by atoms with Gasteiger partial charge in [-0.05, 0) is 42.8 Å². The Kier molecular flexibility index (Phi) is 5.11. The van der Waals surface area contributed by atoms with Crippen molar-refractivity contribution in [3.05, 3.63) is 69.9 Å². The minimum absolute atomic E-state index is 0.124. The van der Waals surface area contributed by atoms with E-state index in [-0.39, 0.29) is 11.7 Å². The Bertz CT molecular complexity index is 525. The molecule has 2 aromatic rings. The number of benzene rings is 2. The van der Waals surface area contributed by atoms with Crippen molar-refractivity contribution in [2.24, 2.45) is 0 Å². The maximum absolute atomic E-state index is 13.7. The lowest BCUT2D eigenvalue weighted by Crippen LogP contribution is -2.19. The van der Waals surface area contributed by atoms with E-state index < -0.39 is 0 Å². The lowest BCUT2D eigenvalue weighted by atomic mass is 9.92. The van der Waals surface area contributed by atoms with Crippen LogP contribution in [0.2, 0.25) is 0 Å². The average Bonchev–Trinajstić information content (AvgIpc) is 2.42. The average molecular weight is 322 g/mol. The van der Waals surface area contributed by atoms with Crippen LogP contribution in [0.15, 0.2) is 53.0 Å². The van der Waals surface area contributed by atoms with Crippen molar-refractivity contribution in [2.45, 2.75) is 12.3 Å². The first-order chi connectivity index (χ1) is 9.20. The van der Waals surface area contributed by atoms with E-state index in [4.69, 9.17) is 0 Å². The fourth-order valence-electron chi connectivity index (χ4n) is 2.22. The Balaban J connectivity index is 2.21. The van der Waals surface area contributed by atoms with E-state index in [0.29, 0.717) is 6.42 Å². The third kappa shape index (κ3) is 3.88. The molecule has 0 bridgehead atoms. The predicted octanol–water partition coefficient (Wildman–Crippen LogP) is 4.13. The quantitative estimate of drug-likeness (QED) is 0.873. The van der Waals surface area contributed by atoms with E-state index in [9.17, 15) is 4.39 Å². The smallest absolute Gasteiger partial charge is 0.126 e. The molecule has 19 heavy (non-hydrogen) atoms. The van der Waals surface area contributed by atoms with Crippen molar-refractivity contribution in [3.63, 3.8) is 0 Å². The van der Waals surface area contributed by atoms with Crippen LogP contribution < -0.4 is 5.32 Å². The van der Waals surface area contributed by atoms with Crippen LogP contribution in [0.1, 0.15) is 17.0 Å². The van der Waals surface area contributed by atoms with Gasteiger partial charge >= 0.3 is 0 Å². The van der Waals surface area contributed by atoms with Gasteiger partial charge in [-0.3, -0.25) is 0 Å². The standard InChI is InChI=1S/C16H17BrFN/c1-19-11-14(12-6-8-15(17)9-7-12)10-13-4-2-3-5-16(13)18/h2-9,14,19H,10-11H2,1H3. The van der Waals surface area contributed by atoms with Gasteiger partial charge in [0.25, 0.3) is 0 Å². The van der Waals surface area contributed by atoms with Gasteiger partial charge in [-0.25, -0.2) is 4.39 Å². The maximum atomic E-state index is 13.7. The Morgan fingerprint density at radius 1 is 1.11 bits per heavy atom. The molecule has 1 N–H and O–H groups in total. The van der Waals surface area contributed by atoms with Crippen LogP contribution >= 0.6 is 15.9 Å². The molecule has 0 aliphatic rings. The molecule has 0 fully saturated rings. The molecule has 3 heteroatoms. The lowest BCUT2D eigenvalue weighted by molar-refractivity contribution is 0.574. The second-order valence-corrected chi connectivity index (χ2v) is 5.52. The van der Waals surface area contributed by atoms with Crippen molar-refractivity contribution in [3.8, 4) is 0 Å². The number of nitrogens with one attached hydrogen (secondary N) is 1. The van der Waals surface area contributed by atoms with Crippen LogP contribution in [0.25, 0.3) is 0 Å². The molecule has 1 nitrogen and oxygen atoms in total. The highest BCUT2D eigenvalue weighted by Crippen LogP contribution is 2.23. The zero-order valence-corrected chi connectivity index (χ0v) is 12.5. The fourth-order valence-corrected chi connectivity index (χ4v) is 2.48. The third-order valence-corrected chi connectivity index (χ3v) is 3.74. The summed E-state index contributed by atoms with van der Waals surface area (Å²) < 4.78 is 14.8. The normalized spacial score (nSPS) is 12.4. The minimum atomic E-state index is -0.124. The molecule has 0 aliphatic heterocycles.